The lowest BCUT2D eigenvalue weighted by Gasteiger charge is -2.11. The highest BCUT2D eigenvalue weighted by Crippen LogP contribution is 2.33. The molecule has 0 bridgehead atoms. The van der Waals surface area contributed by atoms with Gasteiger partial charge in [0.1, 0.15) is 5.65 Å². The van der Waals surface area contributed by atoms with Gasteiger partial charge in [0.05, 0.1) is 11.0 Å². The van der Waals surface area contributed by atoms with Crippen LogP contribution in [0.2, 0.25) is 0 Å². The number of hydrogen-bond donors (Lipinski definition) is 0. The van der Waals surface area contributed by atoms with Crippen molar-refractivity contribution in [2.24, 2.45) is 0 Å². The Hall–Kier alpha value is -2.94. The molecule has 3 nitrogen and oxygen atoms in total. The number of imidazole rings is 1. The molecule has 0 aliphatic rings. The summed E-state index contributed by atoms with van der Waals surface area (Å²) in [6, 6.07) is 12.1. The summed E-state index contributed by atoms with van der Waals surface area (Å²) in [4.78, 5) is 18.3. The quantitative estimate of drug-likeness (QED) is 0.409. The van der Waals surface area contributed by atoms with Crippen molar-refractivity contribution in [1.29, 1.82) is 0 Å². The number of rotatable bonds is 0. The molecule has 0 saturated heterocycles. The molecule has 0 amide bonds. The second kappa shape index (κ2) is 4.57. The summed E-state index contributed by atoms with van der Waals surface area (Å²) in [5.41, 5.74) is 7.45. The third-order valence-electron chi connectivity index (χ3n) is 5.85. The topological polar surface area (TPSA) is 34.4 Å². The van der Waals surface area contributed by atoms with Crippen LogP contribution in [0.15, 0.2) is 41.2 Å². The minimum atomic E-state index is 0.0209. The standard InChI is InChI=1S/C22H18N2O/c1-11-12(2)14(4)20-19(13(11)3)23-21-16-9-5-7-15-8-6-10-17(18(15)16)22(25)24(20)21/h5-10H,1-4H3. The van der Waals surface area contributed by atoms with Crippen molar-refractivity contribution in [3.05, 3.63) is 69.0 Å². The fourth-order valence-corrected chi connectivity index (χ4v) is 4.15. The Morgan fingerprint density at radius 2 is 1.44 bits per heavy atom. The van der Waals surface area contributed by atoms with Crippen molar-refractivity contribution in [1.82, 2.24) is 9.38 Å². The van der Waals surface area contributed by atoms with Crippen molar-refractivity contribution in [2.45, 2.75) is 27.7 Å². The van der Waals surface area contributed by atoms with E-state index in [1.54, 1.807) is 0 Å². The molecular formula is C22H18N2O. The molecule has 122 valence electrons. The van der Waals surface area contributed by atoms with E-state index < -0.39 is 0 Å². The summed E-state index contributed by atoms with van der Waals surface area (Å²) in [7, 11) is 0. The van der Waals surface area contributed by atoms with E-state index in [0.717, 1.165) is 49.4 Å². The molecule has 0 aliphatic carbocycles. The van der Waals surface area contributed by atoms with E-state index in [1.807, 2.05) is 22.6 Å². The molecule has 5 rings (SSSR count). The van der Waals surface area contributed by atoms with Crippen molar-refractivity contribution in [3.8, 4) is 0 Å². The maximum atomic E-state index is 13.4. The van der Waals surface area contributed by atoms with Gasteiger partial charge in [0.15, 0.2) is 0 Å². The van der Waals surface area contributed by atoms with Crippen LogP contribution in [0.5, 0.6) is 0 Å². The minimum absolute atomic E-state index is 0.0209. The second-order valence-corrected chi connectivity index (χ2v) is 6.98. The van der Waals surface area contributed by atoms with E-state index in [1.165, 1.54) is 11.1 Å². The fourth-order valence-electron chi connectivity index (χ4n) is 4.15. The van der Waals surface area contributed by atoms with Crippen molar-refractivity contribution in [3.63, 3.8) is 0 Å². The van der Waals surface area contributed by atoms with Crippen LogP contribution >= 0.6 is 0 Å². The van der Waals surface area contributed by atoms with Crippen LogP contribution in [-0.2, 0) is 0 Å². The predicted molar refractivity (Wildman–Crippen MR) is 104 cm³/mol. The molecule has 0 N–H and O–H groups in total. The molecule has 0 unspecified atom stereocenters. The first-order chi connectivity index (χ1) is 12.0. The van der Waals surface area contributed by atoms with E-state index >= 15 is 0 Å². The summed E-state index contributed by atoms with van der Waals surface area (Å²) < 4.78 is 1.82. The molecule has 2 aromatic heterocycles. The van der Waals surface area contributed by atoms with Gasteiger partial charge in [-0.15, -0.1) is 0 Å². The highest BCUT2D eigenvalue weighted by molar-refractivity contribution is 6.15. The zero-order valence-corrected chi connectivity index (χ0v) is 14.8. The number of pyridine rings is 1. The summed E-state index contributed by atoms with van der Waals surface area (Å²) in [5, 5.41) is 3.90. The monoisotopic (exact) mass is 326 g/mol. The molecule has 3 heteroatoms. The number of nitrogens with zero attached hydrogens (tertiary/aromatic N) is 2. The normalized spacial score (nSPS) is 12.2. The number of hydrogen-bond acceptors (Lipinski definition) is 2. The predicted octanol–water partition coefficient (Wildman–Crippen LogP) is 4.83. The number of fused-ring (bicyclic) bond motifs is 4. The molecule has 0 saturated carbocycles. The van der Waals surface area contributed by atoms with Crippen LogP contribution in [0.3, 0.4) is 0 Å². The van der Waals surface area contributed by atoms with Gasteiger partial charge in [-0.05, 0) is 61.4 Å². The molecule has 5 aromatic rings. The lowest BCUT2D eigenvalue weighted by Crippen LogP contribution is -2.14. The Morgan fingerprint density at radius 1 is 0.800 bits per heavy atom. The lowest BCUT2D eigenvalue weighted by atomic mass is 9.97. The first-order valence-electron chi connectivity index (χ1n) is 8.56. The van der Waals surface area contributed by atoms with Gasteiger partial charge >= 0.3 is 0 Å². The Kier molecular flexibility index (Phi) is 2.63. The highest BCUT2D eigenvalue weighted by Gasteiger charge is 2.20. The van der Waals surface area contributed by atoms with Gasteiger partial charge in [-0.3, -0.25) is 9.20 Å². The van der Waals surface area contributed by atoms with Gasteiger partial charge in [-0.2, -0.15) is 0 Å². The third kappa shape index (κ3) is 1.60. The molecule has 3 aromatic carbocycles. The SMILES string of the molecule is Cc1c(C)c(C)c2c(nc3c4cccc5cccc(c(=O)n32)c54)c1C. The second-order valence-electron chi connectivity index (χ2n) is 6.98. The molecule has 25 heavy (non-hydrogen) atoms. The summed E-state index contributed by atoms with van der Waals surface area (Å²) in [6.07, 6.45) is 0. The zero-order chi connectivity index (χ0) is 17.5. The van der Waals surface area contributed by atoms with E-state index in [9.17, 15) is 4.79 Å². The summed E-state index contributed by atoms with van der Waals surface area (Å²) in [6.45, 7) is 8.44. The van der Waals surface area contributed by atoms with E-state index in [0.29, 0.717) is 0 Å². The van der Waals surface area contributed by atoms with Gasteiger partial charge in [0.25, 0.3) is 5.56 Å². The maximum Gasteiger partial charge on any atom is 0.264 e. The van der Waals surface area contributed by atoms with Crippen molar-refractivity contribution >= 4 is 38.2 Å². The van der Waals surface area contributed by atoms with E-state index in [4.69, 9.17) is 4.98 Å². The summed E-state index contributed by atoms with van der Waals surface area (Å²) >= 11 is 0. The lowest BCUT2D eigenvalue weighted by molar-refractivity contribution is 1.16. The van der Waals surface area contributed by atoms with Gasteiger partial charge in [0.2, 0.25) is 0 Å². The Balaban J connectivity index is 2.24. The van der Waals surface area contributed by atoms with E-state index in [-0.39, 0.29) is 5.56 Å². The first kappa shape index (κ1) is 14.4. The molecule has 2 heterocycles. The molecule has 0 radical (unpaired) electrons. The highest BCUT2D eigenvalue weighted by atomic mass is 16.1. The number of aryl methyl sites for hydroxylation is 2. The average Bonchev–Trinajstić information content (AvgIpc) is 3.03. The van der Waals surface area contributed by atoms with E-state index in [2.05, 4.69) is 45.9 Å². The van der Waals surface area contributed by atoms with Gasteiger partial charge < -0.3 is 0 Å². The van der Waals surface area contributed by atoms with Gasteiger partial charge in [0, 0.05) is 16.2 Å². The van der Waals surface area contributed by atoms with Gasteiger partial charge in [-0.25, -0.2) is 4.98 Å². The average molecular weight is 326 g/mol. The smallest absolute Gasteiger partial charge is 0.264 e. The molecule has 0 spiro atoms. The Morgan fingerprint density at radius 3 is 2.16 bits per heavy atom. The maximum absolute atomic E-state index is 13.4. The van der Waals surface area contributed by atoms with Crippen LogP contribution in [0.4, 0.5) is 0 Å². The number of benzene rings is 3. The van der Waals surface area contributed by atoms with Crippen LogP contribution in [-0.4, -0.2) is 9.38 Å². The van der Waals surface area contributed by atoms with Gasteiger partial charge in [-0.1, -0.05) is 30.3 Å². The summed E-state index contributed by atoms with van der Waals surface area (Å²) in [5.74, 6) is 0. The molecule has 0 aliphatic heterocycles. The minimum Gasteiger partial charge on any atom is -0.268 e. The molecule has 0 atom stereocenters. The van der Waals surface area contributed by atoms with Crippen LogP contribution < -0.4 is 5.56 Å². The molecule has 0 fully saturated rings. The van der Waals surface area contributed by atoms with Crippen LogP contribution in [0.1, 0.15) is 22.3 Å². The first-order valence-corrected chi connectivity index (χ1v) is 8.56. The van der Waals surface area contributed by atoms with Crippen LogP contribution in [0, 0.1) is 27.7 Å². The largest absolute Gasteiger partial charge is 0.268 e. The van der Waals surface area contributed by atoms with Crippen molar-refractivity contribution in [2.75, 3.05) is 0 Å². The Bertz CT molecular complexity index is 1390. The fraction of sp³-hybridized carbons (Fsp3) is 0.182. The van der Waals surface area contributed by atoms with Crippen LogP contribution in [0.25, 0.3) is 38.2 Å². The molecular weight excluding hydrogens is 308 g/mol. The Labute approximate surface area is 144 Å². The van der Waals surface area contributed by atoms with Crippen molar-refractivity contribution < 1.29 is 0 Å². The zero-order valence-electron chi connectivity index (χ0n) is 14.8. The number of aromatic nitrogens is 2. The third-order valence-corrected chi connectivity index (χ3v) is 5.85.